The highest BCUT2D eigenvalue weighted by molar-refractivity contribution is 6.34. The predicted molar refractivity (Wildman–Crippen MR) is 84.0 cm³/mol. The Labute approximate surface area is 129 Å². The van der Waals surface area contributed by atoms with Gasteiger partial charge in [0.1, 0.15) is 5.69 Å². The summed E-state index contributed by atoms with van der Waals surface area (Å²) in [6, 6.07) is 2.56. The molecule has 0 aliphatic rings. The van der Waals surface area contributed by atoms with Crippen LogP contribution in [-0.4, -0.2) is 23.9 Å². The van der Waals surface area contributed by atoms with E-state index in [1.165, 1.54) is 19.2 Å². The van der Waals surface area contributed by atoms with Crippen molar-refractivity contribution in [1.82, 2.24) is 5.32 Å². The van der Waals surface area contributed by atoms with E-state index in [0.29, 0.717) is 0 Å². The van der Waals surface area contributed by atoms with Crippen molar-refractivity contribution in [1.29, 1.82) is 0 Å². The first-order chi connectivity index (χ1) is 9.57. The molecule has 7 heteroatoms. The van der Waals surface area contributed by atoms with Gasteiger partial charge in [0.25, 0.3) is 11.6 Å². The number of halogens is 1. The molecule has 0 bridgehead atoms. The fourth-order valence-electron chi connectivity index (χ4n) is 1.61. The monoisotopic (exact) mass is 313 g/mol. The highest BCUT2D eigenvalue weighted by atomic mass is 35.5. The Hall–Kier alpha value is -1.82. The van der Waals surface area contributed by atoms with Crippen LogP contribution < -0.4 is 10.6 Å². The number of nitrogens with zero attached hydrogens (tertiary/aromatic N) is 1. The highest BCUT2D eigenvalue weighted by Gasteiger charge is 2.25. The molecule has 0 radical (unpaired) electrons. The molecule has 6 nitrogen and oxygen atoms in total. The summed E-state index contributed by atoms with van der Waals surface area (Å²) in [5.41, 5.74) is 0.0264. The molecular weight excluding hydrogens is 294 g/mol. The summed E-state index contributed by atoms with van der Waals surface area (Å²) >= 11 is 6.00. The fourth-order valence-corrected chi connectivity index (χ4v) is 1.92. The van der Waals surface area contributed by atoms with E-state index in [0.717, 1.165) is 0 Å². The van der Waals surface area contributed by atoms with Crippen LogP contribution in [0.1, 0.15) is 38.1 Å². The predicted octanol–water partition coefficient (Wildman–Crippen LogP) is 3.45. The fraction of sp³-hybridized carbons (Fsp3) is 0.500. The van der Waals surface area contributed by atoms with Gasteiger partial charge in [-0.1, -0.05) is 32.4 Å². The summed E-state index contributed by atoms with van der Waals surface area (Å²) in [7, 11) is 1.54. The molecule has 0 aromatic heterocycles. The van der Waals surface area contributed by atoms with E-state index in [9.17, 15) is 14.9 Å². The number of hydrogen-bond donors (Lipinski definition) is 2. The van der Waals surface area contributed by atoms with Crippen LogP contribution in [0.25, 0.3) is 0 Å². The van der Waals surface area contributed by atoms with Crippen LogP contribution in [0, 0.1) is 15.5 Å². The standard InChI is InChI=1S/C14H20ClN3O3/c1-8(14(2,3)4)17-13(19)9-6-10(15)12(16-5)11(7-9)18(20)21/h6-8,16H,1-5H3,(H,17,19). The first kappa shape index (κ1) is 17.2. The van der Waals surface area contributed by atoms with Crippen molar-refractivity contribution < 1.29 is 9.72 Å². The topological polar surface area (TPSA) is 84.3 Å². The Kier molecular flexibility index (Phi) is 5.17. The van der Waals surface area contributed by atoms with Gasteiger partial charge in [0, 0.05) is 24.7 Å². The summed E-state index contributed by atoms with van der Waals surface area (Å²) in [5.74, 6) is -0.384. The lowest BCUT2D eigenvalue weighted by atomic mass is 9.88. The van der Waals surface area contributed by atoms with Crippen LogP contribution in [0.3, 0.4) is 0 Å². The number of hydrogen-bond acceptors (Lipinski definition) is 4. The van der Waals surface area contributed by atoms with Gasteiger partial charge in [-0.25, -0.2) is 0 Å². The number of amides is 1. The number of anilines is 1. The van der Waals surface area contributed by atoms with Crippen molar-refractivity contribution in [3.63, 3.8) is 0 Å². The number of benzene rings is 1. The highest BCUT2D eigenvalue weighted by Crippen LogP contribution is 2.33. The zero-order valence-corrected chi connectivity index (χ0v) is 13.5. The number of rotatable bonds is 4. The Balaban J connectivity index is 3.15. The molecule has 0 fully saturated rings. The van der Waals surface area contributed by atoms with Crippen LogP contribution in [0.2, 0.25) is 5.02 Å². The molecule has 1 aromatic carbocycles. The quantitative estimate of drug-likeness (QED) is 0.658. The van der Waals surface area contributed by atoms with E-state index in [1.807, 2.05) is 27.7 Å². The zero-order valence-electron chi connectivity index (χ0n) is 12.8. The number of nitro benzene ring substituents is 1. The molecule has 1 rings (SSSR count). The molecule has 0 spiro atoms. The van der Waals surface area contributed by atoms with Crippen LogP contribution >= 0.6 is 11.6 Å². The molecule has 0 heterocycles. The summed E-state index contributed by atoms with van der Waals surface area (Å²) in [4.78, 5) is 22.7. The second kappa shape index (κ2) is 6.30. The third-order valence-corrected chi connectivity index (χ3v) is 3.72. The van der Waals surface area contributed by atoms with Crippen molar-refractivity contribution in [2.45, 2.75) is 33.7 Å². The Morgan fingerprint density at radius 2 is 1.95 bits per heavy atom. The van der Waals surface area contributed by atoms with Crippen molar-refractivity contribution in [3.05, 3.63) is 32.8 Å². The summed E-state index contributed by atoms with van der Waals surface area (Å²) in [6.45, 7) is 7.88. The second-order valence-corrected chi connectivity index (χ2v) is 6.33. The Morgan fingerprint density at radius 3 is 2.38 bits per heavy atom. The van der Waals surface area contributed by atoms with Crippen LogP contribution in [-0.2, 0) is 0 Å². The van der Waals surface area contributed by atoms with Gasteiger partial charge >= 0.3 is 0 Å². The molecular formula is C14H20ClN3O3. The first-order valence-electron chi connectivity index (χ1n) is 6.54. The maximum Gasteiger partial charge on any atom is 0.294 e. The van der Waals surface area contributed by atoms with Gasteiger partial charge in [-0.05, 0) is 18.4 Å². The molecule has 1 amide bonds. The molecule has 1 unspecified atom stereocenters. The van der Waals surface area contributed by atoms with Crippen molar-refractivity contribution in [3.8, 4) is 0 Å². The third kappa shape index (κ3) is 4.07. The van der Waals surface area contributed by atoms with Crippen molar-refractivity contribution >= 4 is 28.9 Å². The van der Waals surface area contributed by atoms with E-state index in [4.69, 9.17) is 11.6 Å². The maximum absolute atomic E-state index is 12.2. The van der Waals surface area contributed by atoms with Gasteiger partial charge < -0.3 is 10.6 Å². The number of carbonyl (C=O) groups is 1. The van der Waals surface area contributed by atoms with E-state index in [2.05, 4.69) is 10.6 Å². The van der Waals surface area contributed by atoms with Gasteiger partial charge in [-0.15, -0.1) is 0 Å². The molecule has 116 valence electrons. The van der Waals surface area contributed by atoms with Crippen LogP contribution in [0.15, 0.2) is 12.1 Å². The number of nitrogens with one attached hydrogen (secondary N) is 2. The smallest absolute Gasteiger partial charge is 0.294 e. The van der Waals surface area contributed by atoms with Gasteiger partial charge in [0.15, 0.2) is 0 Å². The van der Waals surface area contributed by atoms with Gasteiger partial charge in [-0.2, -0.15) is 0 Å². The lowest BCUT2D eigenvalue weighted by Crippen LogP contribution is -2.41. The molecule has 1 atom stereocenters. The number of nitro groups is 1. The molecule has 2 N–H and O–H groups in total. The Bertz CT molecular complexity index is 567. The largest absolute Gasteiger partial charge is 0.381 e. The summed E-state index contributed by atoms with van der Waals surface area (Å²) < 4.78 is 0. The molecule has 0 saturated carbocycles. The zero-order chi connectivity index (χ0) is 16.4. The van der Waals surface area contributed by atoms with E-state index in [-0.39, 0.29) is 39.3 Å². The molecule has 0 aliphatic carbocycles. The maximum atomic E-state index is 12.2. The average Bonchev–Trinajstić information content (AvgIpc) is 2.36. The molecule has 0 aliphatic heterocycles. The number of carbonyl (C=O) groups excluding carboxylic acids is 1. The summed E-state index contributed by atoms with van der Waals surface area (Å²) in [5, 5.41) is 16.7. The minimum atomic E-state index is -0.568. The molecule has 1 aromatic rings. The van der Waals surface area contributed by atoms with Crippen LogP contribution in [0.4, 0.5) is 11.4 Å². The lowest BCUT2D eigenvalue weighted by Gasteiger charge is -2.28. The third-order valence-electron chi connectivity index (χ3n) is 3.42. The average molecular weight is 314 g/mol. The van der Waals surface area contributed by atoms with Crippen molar-refractivity contribution in [2.24, 2.45) is 5.41 Å². The first-order valence-corrected chi connectivity index (χ1v) is 6.92. The van der Waals surface area contributed by atoms with E-state index in [1.54, 1.807) is 0 Å². The lowest BCUT2D eigenvalue weighted by molar-refractivity contribution is -0.383. The van der Waals surface area contributed by atoms with Crippen molar-refractivity contribution in [2.75, 3.05) is 12.4 Å². The SMILES string of the molecule is CNc1c(Cl)cc(C(=O)NC(C)C(C)(C)C)cc1[N+](=O)[O-]. The minimum Gasteiger partial charge on any atom is -0.381 e. The molecule has 0 saturated heterocycles. The van der Waals surface area contributed by atoms with Crippen LogP contribution in [0.5, 0.6) is 0 Å². The molecule has 21 heavy (non-hydrogen) atoms. The summed E-state index contributed by atoms with van der Waals surface area (Å²) in [6.07, 6.45) is 0. The normalized spacial score (nSPS) is 12.7. The second-order valence-electron chi connectivity index (χ2n) is 5.92. The minimum absolute atomic E-state index is 0.0909. The van der Waals surface area contributed by atoms with Gasteiger partial charge in [-0.3, -0.25) is 14.9 Å². The Morgan fingerprint density at radius 1 is 1.38 bits per heavy atom. The van der Waals surface area contributed by atoms with Gasteiger partial charge in [0.2, 0.25) is 0 Å². The van der Waals surface area contributed by atoms with Gasteiger partial charge in [0.05, 0.1) is 9.95 Å². The van der Waals surface area contributed by atoms with E-state index >= 15 is 0 Å². The van der Waals surface area contributed by atoms with E-state index < -0.39 is 4.92 Å².